The quantitative estimate of drug-likeness (QED) is 0.796. The predicted molar refractivity (Wildman–Crippen MR) is 73.8 cm³/mol. The van der Waals surface area contributed by atoms with Crippen molar-refractivity contribution in [1.82, 2.24) is 0 Å². The number of ether oxygens (including phenoxy) is 3. The van der Waals surface area contributed by atoms with Crippen molar-refractivity contribution >= 4 is 5.97 Å². The topological polar surface area (TPSA) is 44.8 Å². The van der Waals surface area contributed by atoms with Crippen LogP contribution < -0.4 is 0 Å². The average Bonchev–Trinajstić information content (AvgIpc) is 3.04. The highest BCUT2D eigenvalue weighted by molar-refractivity contribution is 5.89. The van der Waals surface area contributed by atoms with E-state index in [0.717, 1.165) is 6.42 Å². The van der Waals surface area contributed by atoms with E-state index < -0.39 is 0 Å². The van der Waals surface area contributed by atoms with E-state index in [2.05, 4.69) is 13.8 Å². The van der Waals surface area contributed by atoms with Crippen LogP contribution in [-0.2, 0) is 14.2 Å². The van der Waals surface area contributed by atoms with Gasteiger partial charge in [-0.15, -0.1) is 0 Å². The van der Waals surface area contributed by atoms with Gasteiger partial charge in [-0.25, -0.2) is 4.79 Å². The second-order valence-electron chi connectivity index (χ2n) is 5.72. The lowest BCUT2D eigenvalue weighted by Crippen LogP contribution is -2.32. The van der Waals surface area contributed by atoms with Gasteiger partial charge in [-0.1, -0.05) is 26.0 Å². The molecule has 0 radical (unpaired) electrons. The van der Waals surface area contributed by atoms with E-state index >= 15 is 0 Å². The monoisotopic (exact) mass is 276 g/mol. The third-order valence-electron chi connectivity index (χ3n) is 3.99. The van der Waals surface area contributed by atoms with Crippen LogP contribution in [0.1, 0.15) is 42.1 Å². The molecule has 4 heteroatoms. The number of rotatable bonds is 3. The average molecular weight is 276 g/mol. The van der Waals surface area contributed by atoms with Crippen LogP contribution in [0.5, 0.6) is 0 Å². The zero-order valence-corrected chi connectivity index (χ0v) is 11.9. The summed E-state index contributed by atoms with van der Waals surface area (Å²) in [6.07, 6.45) is 0.617. The zero-order valence-electron chi connectivity index (χ0n) is 11.9. The van der Waals surface area contributed by atoms with Gasteiger partial charge in [0.15, 0.2) is 6.10 Å². The number of carbonyl (C=O) groups is 1. The van der Waals surface area contributed by atoms with E-state index in [1.165, 1.54) is 5.56 Å². The first-order valence-electron chi connectivity index (χ1n) is 7.19. The van der Waals surface area contributed by atoms with Gasteiger partial charge in [0, 0.05) is 6.61 Å². The Morgan fingerprint density at radius 1 is 1.25 bits per heavy atom. The van der Waals surface area contributed by atoms with Gasteiger partial charge in [-0.2, -0.15) is 0 Å². The first-order valence-corrected chi connectivity index (χ1v) is 7.19. The lowest BCUT2D eigenvalue weighted by atomic mass is 10.0. The van der Waals surface area contributed by atoms with Crippen molar-refractivity contribution < 1.29 is 19.0 Å². The van der Waals surface area contributed by atoms with Gasteiger partial charge in [0.1, 0.15) is 6.10 Å². The highest BCUT2D eigenvalue weighted by atomic mass is 16.6. The van der Waals surface area contributed by atoms with Crippen molar-refractivity contribution in [2.24, 2.45) is 0 Å². The van der Waals surface area contributed by atoms with Crippen molar-refractivity contribution in [3.63, 3.8) is 0 Å². The Labute approximate surface area is 119 Å². The van der Waals surface area contributed by atoms with Crippen LogP contribution >= 0.6 is 0 Å². The maximum atomic E-state index is 12.1. The molecule has 1 aromatic rings. The molecule has 2 aliphatic rings. The molecule has 0 saturated carbocycles. The predicted octanol–water partition coefficient (Wildman–Crippen LogP) is 2.52. The molecule has 2 fully saturated rings. The van der Waals surface area contributed by atoms with Crippen molar-refractivity contribution in [3.05, 3.63) is 35.4 Å². The first kappa shape index (κ1) is 13.6. The molecule has 108 valence electrons. The van der Waals surface area contributed by atoms with Crippen LogP contribution in [0, 0.1) is 0 Å². The number of benzene rings is 1. The normalized spacial score (nSPS) is 28.6. The van der Waals surface area contributed by atoms with Crippen molar-refractivity contribution in [3.8, 4) is 0 Å². The number of hydrogen-bond acceptors (Lipinski definition) is 4. The van der Waals surface area contributed by atoms with Crippen LogP contribution in [0.25, 0.3) is 0 Å². The highest BCUT2D eigenvalue weighted by Gasteiger charge is 2.44. The zero-order chi connectivity index (χ0) is 14.1. The lowest BCUT2D eigenvalue weighted by molar-refractivity contribution is -0.0148. The number of carbonyl (C=O) groups excluding carboxylic acids is 1. The molecule has 3 atom stereocenters. The summed E-state index contributed by atoms with van der Waals surface area (Å²) in [6.45, 7) is 5.37. The molecule has 4 nitrogen and oxygen atoms in total. The minimum atomic E-state index is -0.301. The first-order chi connectivity index (χ1) is 9.65. The molecule has 1 unspecified atom stereocenters. The van der Waals surface area contributed by atoms with Gasteiger partial charge >= 0.3 is 5.97 Å². The number of fused-ring (bicyclic) bond motifs is 1. The molecule has 2 heterocycles. The minimum absolute atomic E-state index is 0.0890. The lowest BCUT2D eigenvalue weighted by Gasteiger charge is -2.16. The van der Waals surface area contributed by atoms with E-state index in [4.69, 9.17) is 14.2 Å². The van der Waals surface area contributed by atoms with Gasteiger partial charge in [0.2, 0.25) is 0 Å². The summed E-state index contributed by atoms with van der Waals surface area (Å²) in [5.74, 6) is 0.154. The van der Waals surface area contributed by atoms with Crippen molar-refractivity contribution in [2.45, 2.75) is 44.5 Å². The van der Waals surface area contributed by atoms with Gasteiger partial charge in [0.25, 0.3) is 0 Å². The van der Waals surface area contributed by atoms with Gasteiger partial charge in [-0.05, 0) is 30.0 Å². The Morgan fingerprint density at radius 2 is 2.00 bits per heavy atom. The van der Waals surface area contributed by atoms with Gasteiger partial charge in [-0.3, -0.25) is 0 Å². The molecule has 3 rings (SSSR count). The second-order valence-corrected chi connectivity index (χ2v) is 5.72. The van der Waals surface area contributed by atoms with E-state index in [1.54, 1.807) is 0 Å². The Bertz CT molecular complexity index is 480. The Morgan fingerprint density at radius 3 is 2.70 bits per heavy atom. The fourth-order valence-electron chi connectivity index (χ4n) is 2.74. The SMILES string of the molecule is CC(C)c1ccc(C(=O)OC2CO[C@@H]3CCO[C@H]23)cc1. The van der Waals surface area contributed by atoms with Crippen LogP contribution in [0.3, 0.4) is 0 Å². The number of hydrogen-bond donors (Lipinski definition) is 0. The number of esters is 1. The summed E-state index contributed by atoms with van der Waals surface area (Å²) >= 11 is 0. The molecule has 20 heavy (non-hydrogen) atoms. The van der Waals surface area contributed by atoms with Crippen molar-refractivity contribution in [1.29, 1.82) is 0 Å². The van der Waals surface area contributed by atoms with Crippen LogP contribution in [0.2, 0.25) is 0 Å². The smallest absolute Gasteiger partial charge is 0.338 e. The summed E-state index contributed by atoms with van der Waals surface area (Å²) < 4.78 is 16.7. The van der Waals surface area contributed by atoms with Crippen molar-refractivity contribution in [2.75, 3.05) is 13.2 Å². The Hall–Kier alpha value is -1.39. The fourth-order valence-corrected chi connectivity index (χ4v) is 2.74. The third kappa shape index (κ3) is 2.58. The molecule has 0 amide bonds. The highest BCUT2D eigenvalue weighted by Crippen LogP contribution is 2.28. The van der Waals surface area contributed by atoms with E-state index in [-0.39, 0.29) is 24.3 Å². The maximum Gasteiger partial charge on any atom is 0.338 e. The Balaban J connectivity index is 1.64. The van der Waals surface area contributed by atoms with Crippen LogP contribution in [0.15, 0.2) is 24.3 Å². The van der Waals surface area contributed by atoms with E-state index in [0.29, 0.717) is 24.7 Å². The van der Waals surface area contributed by atoms with Crippen LogP contribution in [0.4, 0.5) is 0 Å². The summed E-state index contributed by atoms with van der Waals surface area (Å²) in [6, 6.07) is 7.59. The summed E-state index contributed by atoms with van der Waals surface area (Å²) in [7, 11) is 0. The minimum Gasteiger partial charge on any atom is -0.453 e. The molecular weight excluding hydrogens is 256 g/mol. The molecule has 2 saturated heterocycles. The largest absolute Gasteiger partial charge is 0.453 e. The summed E-state index contributed by atoms with van der Waals surface area (Å²) in [5.41, 5.74) is 1.79. The standard InChI is InChI=1S/C16H20O4/c1-10(2)11-3-5-12(6-4-11)16(17)20-14-9-19-13-7-8-18-15(13)14/h3-6,10,13-15H,7-9H2,1-2H3/t13-,14?,15+/m1/s1. The molecule has 1 aromatic carbocycles. The summed E-state index contributed by atoms with van der Waals surface area (Å²) in [5, 5.41) is 0. The van der Waals surface area contributed by atoms with Gasteiger partial charge in [0.05, 0.1) is 18.3 Å². The molecule has 2 aliphatic heterocycles. The van der Waals surface area contributed by atoms with E-state index in [1.807, 2.05) is 24.3 Å². The van der Waals surface area contributed by atoms with Gasteiger partial charge < -0.3 is 14.2 Å². The fraction of sp³-hybridized carbons (Fsp3) is 0.562. The molecule has 0 aromatic heterocycles. The Kier molecular flexibility index (Phi) is 3.76. The molecule has 0 N–H and O–H groups in total. The molecule has 0 bridgehead atoms. The van der Waals surface area contributed by atoms with Crippen LogP contribution in [-0.4, -0.2) is 37.5 Å². The molecule has 0 spiro atoms. The third-order valence-corrected chi connectivity index (χ3v) is 3.99. The molecular formula is C16H20O4. The second kappa shape index (κ2) is 5.54. The van der Waals surface area contributed by atoms with E-state index in [9.17, 15) is 4.79 Å². The summed E-state index contributed by atoms with van der Waals surface area (Å²) in [4.78, 5) is 12.1. The molecule has 0 aliphatic carbocycles. The maximum absolute atomic E-state index is 12.1.